The van der Waals surface area contributed by atoms with E-state index in [1.807, 2.05) is 12.1 Å². The number of nitrogens with two attached hydrogens (primary N) is 1. The molecule has 0 atom stereocenters. The molecule has 2 aromatic carbocycles. The fourth-order valence-corrected chi connectivity index (χ4v) is 2.59. The number of halogens is 3. The van der Waals surface area contributed by atoms with Crippen LogP contribution < -0.4 is 11.1 Å². The third-order valence-corrected chi connectivity index (χ3v) is 3.81. The van der Waals surface area contributed by atoms with Gasteiger partial charge in [0, 0.05) is 12.4 Å². The molecule has 0 aliphatic rings. The number of rotatable bonds is 4. The summed E-state index contributed by atoms with van der Waals surface area (Å²) < 4.78 is 41.0. The number of anilines is 2. The lowest BCUT2D eigenvalue weighted by atomic mass is 10.0. The molecule has 6 nitrogen and oxygen atoms in total. The number of hydrogen-bond donors (Lipinski definition) is 2. The molecule has 3 rings (SSSR count). The summed E-state index contributed by atoms with van der Waals surface area (Å²) in [6.45, 7) is -0.473. The van der Waals surface area contributed by atoms with Crippen LogP contribution in [0, 0.1) is 0 Å². The molecule has 0 saturated carbocycles. The summed E-state index contributed by atoms with van der Waals surface area (Å²) in [6, 6.07) is 12.1. The van der Waals surface area contributed by atoms with Crippen LogP contribution >= 0.6 is 0 Å². The number of ether oxygens (including phenoxy) is 1. The Kier molecular flexibility index (Phi) is 4.85. The molecule has 3 aromatic rings. The van der Waals surface area contributed by atoms with E-state index in [-0.39, 0.29) is 5.95 Å². The van der Waals surface area contributed by atoms with Crippen LogP contribution in [0.5, 0.6) is 0 Å². The van der Waals surface area contributed by atoms with Crippen molar-refractivity contribution in [3.05, 3.63) is 48.0 Å². The molecular weight excluding hydrogens is 361 g/mol. The number of alkyl halides is 3. The van der Waals surface area contributed by atoms with Crippen molar-refractivity contribution < 1.29 is 22.7 Å². The lowest BCUT2D eigenvalue weighted by Crippen LogP contribution is -2.25. The van der Waals surface area contributed by atoms with Gasteiger partial charge >= 0.3 is 12.1 Å². The second kappa shape index (κ2) is 7.10. The number of fused-ring (bicyclic) bond motifs is 1. The predicted octanol–water partition coefficient (Wildman–Crippen LogP) is 3.53. The molecule has 9 heteroatoms. The molecule has 0 saturated heterocycles. The van der Waals surface area contributed by atoms with Gasteiger partial charge in [-0.2, -0.15) is 18.2 Å². The van der Waals surface area contributed by atoms with Gasteiger partial charge in [0.15, 0.2) is 0 Å². The Balaban J connectivity index is 1.89. The molecule has 3 N–H and O–H groups in total. The van der Waals surface area contributed by atoms with Crippen molar-refractivity contribution in [3.8, 4) is 11.1 Å². The van der Waals surface area contributed by atoms with Crippen LogP contribution in [0.4, 0.5) is 24.9 Å². The highest BCUT2D eigenvalue weighted by atomic mass is 19.4. The van der Waals surface area contributed by atoms with E-state index >= 15 is 0 Å². The summed E-state index contributed by atoms with van der Waals surface area (Å²) >= 11 is 0. The van der Waals surface area contributed by atoms with Gasteiger partial charge in [-0.25, -0.2) is 9.78 Å². The predicted molar refractivity (Wildman–Crippen MR) is 94.8 cm³/mol. The second-order valence-electron chi connectivity index (χ2n) is 5.69. The summed E-state index contributed by atoms with van der Waals surface area (Å²) in [4.78, 5) is 19.2. The van der Waals surface area contributed by atoms with E-state index in [4.69, 9.17) is 5.73 Å². The third-order valence-electron chi connectivity index (χ3n) is 3.81. The summed E-state index contributed by atoms with van der Waals surface area (Å²) in [6.07, 6.45) is -5.01. The van der Waals surface area contributed by atoms with E-state index in [1.165, 1.54) is 0 Å². The number of nitrogen functional groups attached to an aromatic ring is 1. The summed E-state index contributed by atoms with van der Waals surface area (Å²) in [5, 5.41) is 3.73. The first-order valence-electron chi connectivity index (χ1n) is 7.86. The maximum absolute atomic E-state index is 12.2. The number of nitrogens with zero attached hydrogens (tertiary/aromatic N) is 2. The highest BCUT2D eigenvalue weighted by molar-refractivity contribution is 5.92. The monoisotopic (exact) mass is 376 g/mol. The van der Waals surface area contributed by atoms with Crippen molar-refractivity contribution in [2.24, 2.45) is 0 Å². The standard InChI is InChI=1S/C18H15F3N4O2/c1-23-15-13-6-5-12(8-14(13)24-17(22)25-15)11-4-2-3-10(7-11)9-27-16(26)18(19,20)21/h2-8H,9H2,1H3,(H3,22,23,24,25). The van der Waals surface area contributed by atoms with E-state index in [9.17, 15) is 18.0 Å². The quantitative estimate of drug-likeness (QED) is 0.677. The van der Waals surface area contributed by atoms with Crippen molar-refractivity contribution in [3.63, 3.8) is 0 Å². The molecule has 0 aliphatic heterocycles. The van der Waals surface area contributed by atoms with Gasteiger partial charge in [0.05, 0.1) is 5.52 Å². The van der Waals surface area contributed by atoms with Crippen LogP contribution in [0.3, 0.4) is 0 Å². The first kappa shape index (κ1) is 18.4. The molecule has 0 amide bonds. The minimum atomic E-state index is -5.01. The summed E-state index contributed by atoms with van der Waals surface area (Å²) in [5.74, 6) is -1.50. The van der Waals surface area contributed by atoms with Crippen molar-refractivity contribution in [2.75, 3.05) is 18.1 Å². The molecule has 0 fully saturated rings. The molecule has 140 valence electrons. The van der Waals surface area contributed by atoms with E-state index in [1.54, 1.807) is 37.4 Å². The Morgan fingerprint density at radius 3 is 2.59 bits per heavy atom. The minimum absolute atomic E-state index is 0.122. The van der Waals surface area contributed by atoms with Crippen molar-refractivity contribution in [1.82, 2.24) is 9.97 Å². The van der Waals surface area contributed by atoms with Crippen LogP contribution in [-0.2, 0) is 16.1 Å². The van der Waals surface area contributed by atoms with Gasteiger partial charge in [0.2, 0.25) is 5.95 Å². The van der Waals surface area contributed by atoms with Gasteiger partial charge in [-0.1, -0.05) is 24.3 Å². The van der Waals surface area contributed by atoms with Gasteiger partial charge in [-0.3, -0.25) is 0 Å². The Bertz CT molecular complexity index is 1010. The van der Waals surface area contributed by atoms with Crippen LogP contribution in [0.15, 0.2) is 42.5 Å². The van der Waals surface area contributed by atoms with Crippen molar-refractivity contribution in [1.29, 1.82) is 0 Å². The lowest BCUT2D eigenvalue weighted by Gasteiger charge is -2.10. The highest BCUT2D eigenvalue weighted by Crippen LogP contribution is 2.28. The minimum Gasteiger partial charge on any atom is -0.454 e. The fourth-order valence-electron chi connectivity index (χ4n) is 2.59. The number of hydrogen-bond acceptors (Lipinski definition) is 6. The Labute approximate surface area is 152 Å². The molecule has 27 heavy (non-hydrogen) atoms. The zero-order chi connectivity index (χ0) is 19.6. The largest absolute Gasteiger partial charge is 0.490 e. The number of aromatic nitrogens is 2. The zero-order valence-electron chi connectivity index (χ0n) is 14.2. The number of benzene rings is 2. The first-order chi connectivity index (χ1) is 12.8. The maximum atomic E-state index is 12.2. The average Bonchev–Trinajstić information content (AvgIpc) is 2.64. The number of esters is 1. The average molecular weight is 376 g/mol. The SMILES string of the molecule is CNc1nc(N)nc2cc(-c3cccc(COC(=O)C(F)(F)F)c3)ccc12. The van der Waals surface area contributed by atoms with E-state index in [2.05, 4.69) is 20.0 Å². The number of carbonyl (C=O) groups excluding carboxylic acids is 1. The van der Waals surface area contributed by atoms with Crippen LogP contribution in [0.25, 0.3) is 22.0 Å². The molecule has 0 unspecified atom stereocenters. The lowest BCUT2D eigenvalue weighted by molar-refractivity contribution is -0.201. The normalized spacial score (nSPS) is 11.4. The molecule has 0 aliphatic carbocycles. The van der Waals surface area contributed by atoms with Gasteiger partial charge in [0.1, 0.15) is 12.4 Å². The van der Waals surface area contributed by atoms with E-state index in [0.29, 0.717) is 16.9 Å². The number of nitrogens with one attached hydrogen (secondary N) is 1. The molecule has 1 aromatic heterocycles. The Hall–Kier alpha value is -3.36. The highest BCUT2D eigenvalue weighted by Gasteiger charge is 2.40. The second-order valence-corrected chi connectivity index (χ2v) is 5.69. The van der Waals surface area contributed by atoms with Crippen molar-refractivity contribution in [2.45, 2.75) is 12.8 Å². The smallest absolute Gasteiger partial charge is 0.454 e. The Morgan fingerprint density at radius 2 is 1.89 bits per heavy atom. The summed E-state index contributed by atoms with van der Waals surface area (Å²) in [7, 11) is 1.72. The first-order valence-corrected chi connectivity index (χ1v) is 7.86. The van der Waals surface area contributed by atoms with Crippen LogP contribution in [-0.4, -0.2) is 29.2 Å². The van der Waals surface area contributed by atoms with Gasteiger partial charge < -0.3 is 15.8 Å². The molecule has 0 spiro atoms. The Morgan fingerprint density at radius 1 is 1.15 bits per heavy atom. The maximum Gasteiger partial charge on any atom is 0.490 e. The van der Waals surface area contributed by atoms with Crippen molar-refractivity contribution >= 4 is 28.6 Å². The number of carbonyl (C=O) groups is 1. The van der Waals surface area contributed by atoms with Gasteiger partial charge in [-0.05, 0) is 34.9 Å². The molecule has 0 radical (unpaired) electrons. The van der Waals surface area contributed by atoms with E-state index in [0.717, 1.165) is 16.5 Å². The molecule has 0 bridgehead atoms. The van der Waals surface area contributed by atoms with Crippen LogP contribution in [0.2, 0.25) is 0 Å². The van der Waals surface area contributed by atoms with Gasteiger partial charge in [-0.15, -0.1) is 0 Å². The van der Waals surface area contributed by atoms with Crippen LogP contribution in [0.1, 0.15) is 5.56 Å². The van der Waals surface area contributed by atoms with E-state index < -0.39 is 18.8 Å². The topological polar surface area (TPSA) is 90.1 Å². The molecule has 1 heterocycles. The fraction of sp³-hybridized carbons (Fsp3) is 0.167. The third kappa shape index (κ3) is 4.08. The van der Waals surface area contributed by atoms with Gasteiger partial charge in [0.25, 0.3) is 0 Å². The zero-order valence-corrected chi connectivity index (χ0v) is 14.2. The summed E-state index contributed by atoms with van der Waals surface area (Å²) in [5.41, 5.74) is 8.29. The molecular formula is C18H15F3N4O2.